The molecule has 1 aliphatic heterocycles. The Hall–Kier alpha value is -1.51. The lowest BCUT2D eigenvalue weighted by Gasteiger charge is -2.32. The zero-order valence-corrected chi connectivity index (χ0v) is 18.0. The SMILES string of the molecule is O=CCc1cccc(CNC2CCN(c3nc4ccc(I)cc4s3)CC2)c1. The molecule has 1 aromatic heterocycles. The van der Waals surface area contributed by atoms with Crippen LogP contribution in [0.2, 0.25) is 0 Å². The van der Waals surface area contributed by atoms with Crippen LogP contribution >= 0.6 is 33.9 Å². The molecule has 140 valence electrons. The molecule has 0 amide bonds. The predicted molar refractivity (Wildman–Crippen MR) is 121 cm³/mol. The van der Waals surface area contributed by atoms with E-state index in [-0.39, 0.29) is 0 Å². The molecule has 3 aromatic rings. The molecule has 4 nitrogen and oxygen atoms in total. The van der Waals surface area contributed by atoms with Crippen LogP contribution in [0.1, 0.15) is 24.0 Å². The summed E-state index contributed by atoms with van der Waals surface area (Å²) in [4.78, 5) is 17.9. The molecule has 1 saturated heterocycles. The Kier molecular flexibility index (Phi) is 6.04. The number of hydrogen-bond donors (Lipinski definition) is 1. The Bertz CT molecular complexity index is 934. The number of thiazole rings is 1. The van der Waals surface area contributed by atoms with E-state index in [1.807, 2.05) is 12.1 Å². The first-order valence-corrected chi connectivity index (χ1v) is 11.2. The van der Waals surface area contributed by atoms with Gasteiger partial charge in [0.2, 0.25) is 0 Å². The van der Waals surface area contributed by atoms with E-state index < -0.39 is 0 Å². The lowest BCUT2D eigenvalue weighted by Crippen LogP contribution is -2.42. The van der Waals surface area contributed by atoms with Gasteiger partial charge in [-0.1, -0.05) is 35.6 Å². The lowest BCUT2D eigenvalue weighted by atomic mass is 10.0. The predicted octanol–water partition coefficient (Wildman–Crippen LogP) is 4.40. The second kappa shape index (κ2) is 8.67. The van der Waals surface area contributed by atoms with Gasteiger partial charge < -0.3 is 15.0 Å². The number of aldehydes is 1. The van der Waals surface area contributed by atoms with Crippen molar-refractivity contribution in [2.45, 2.75) is 31.8 Å². The maximum atomic E-state index is 10.7. The first-order chi connectivity index (χ1) is 13.2. The van der Waals surface area contributed by atoms with Crippen LogP contribution in [-0.2, 0) is 17.8 Å². The van der Waals surface area contributed by atoms with Gasteiger partial charge in [-0.3, -0.25) is 0 Å². The maximum Gasteiger partial charge on any atom is 0.186 e. The van der Waals surface area contributed by atoms with Gasteiger partial charge >= 0.3 is 0 Å². The first kappa shape index (κ1) is 18.8. The number of aromatic nitrogens is 1. The Balaban J connectivity index is 1.32. The highest BCUT2D eigenvalue weighted by molar-refractivity contribution is 14.1. The highest BCUT2D eigenvalue weighted by Gasteiger charge is 2.21. The molecule has 4 rings (SSSR count). The number of anilines is 1. The summed E-state index contributed by atoms with van der Waals surface area (Å²) in [6.07, 6.45) is 3.71. The number of nitrogens with one attached hydrogen (secondary N) is 1. The lowest BCUT2D eigenvalue weighted by molar-refractivity contribution is -0.107. The molecule has 2 heterocycles. The van der Waals surface area contributed by atoms with Crippen LogP contribution in [0.5, 0.6) is 0 Å². The highest BCUT2D eigenvalue weighted by Crippen LogP contribution is 2.31. The molecule has 0 atom stereocenters. The minimum Gasteiger partial charge on any atom is -0.348 e. The molecule has 1 fully saturated rings. The summed E-state index contributed by atoms with van der Waals surface area (Å²) in [5, 5.41) is 4.83. The fourth-order valence-electron chi connectivity index (χ4n) is 3.52. The minimum atomic E-state index is 0.493. The number of benzene rings is 2. The third-order valence-electron chi connectivity index (χ3n) is 5.01. The Morgan fingerprint density at radius 3 is 2.81 bits per heavy atom. The number of piperidine rings is 1. The number of halogens is 1. The number of carbonyl (C=O) groups excluding carboxylic acids is 1. The van der Waals surface area contributed by atoms with E-state index in [9.17, 15) is 4.79 Å². The Morgan fingerprint density at radius 2 is 2.00 bits per heavy atom. The topological polar surface area (TPSA) is 45.2 Å². The minimum absolute atomic E-state index is 0.493. The van der Waals surface area contributed by atoms with E-state index in [2.05, 4.69) is 63.1 Å². The van der Waals surface area contributed by atoms with Crippen molar-refractivity contribution in [3.63, 3.8) is 0 Å². The van der Waals surface area contributed by atoms with Gasteiger partial charge in [-0.25, -0.2) is 4.98 Å². The molecule has 0 bridgehead atoms. The fraction of sp³-hybridized carbons (Fsp3) is 0.333. The Morgan fingerprint density at radius 1 is 1.19 bits per heavy atom. The van der Waals surface area contributed by atoms with Gasteiger partial charge in [0, 0.05) is 35.7 Å². The summed E-state index contributed by atoms with van der Waals surface area (Å²) in [6, 6.07) is 15.3. The number of carbonyl (C=O) groups is 1. The molecule has 0 spiro atoms. The van der Waals surface area contributed by atoms with Crippen LogP contribution in [0.15, 0.2) is 42.5 Å². The smallest absolute Gasteiger partial charge is 0.186 e. The second-order valence-electron chi connectivity index (χ2n) is 6.94. The van der Waals surface area contributed by atoms with Crippen LogP contribution in [0.3, 0.4) is 0 Å². The molecule has 0 aliphatic carbocycles. The number of nitrogens with zero attached hydrogens (tertiary/aromatic N) is 2. The van der Waals surface area contributed by atoms with Crippen molar-refractivity contribution in [1.29, 1.82) is 0 Å². The molecular weight excluding hydrogens is 469 g/mol. The average molecular weight is 491 g/mol. The number of fused-ring (bicyclic) bond motifs is 1. The van der Waals surface area contributed by atoms with Crippen LogP contribution in [-0.4, -0.2) is 30.4 Å². The third-order valence-corrected chi connectivity index (χ3v) is 6.76. The van der Waals surface area contributed by atoms with Crippen molar-refractivity contribution in [2.75, 3.05) is 18.0 Å². The molecule has 0 unspecified atom stereocenters. The average Bonchev–Trinajstić information content (AvgIpc) is 3.10. The van der Waals surface area contributed by atoms with Crippen LogP contribution in [0.4, 0.5) is 5.13 Å². The van der Waals surface area contributed by atoms with Crippen LogP contribution < -0.4 is 10.2 Å². The number of rotatable bonds is 6. The van der Waals surface area contributed by atoms with Gasteiger partial charge in [-0.2, -0.15) is 0 Å². The van der Waals surface area contributed by atoms with Crippen LogP contribution in [0, 0.1) is 3.57 Å². The standard InChI is InChI=1S/C21H22IN3OS/c22-17-4-5-19-20(13-17)27-21(24-19)25-9-6-18(7-10-25)23-14-16-3-1-2-15(12-16)8-11-26/h1-5,11-13,18,23H,6-10,14H2. The molecule has 1 N–H and O–H groups in total. The quantitative estimate of drug-likeness (QED) is 0.410. The Labute approximate surface area is 177 Å². The van der Waals surface area contributed by atoms with Gasteiger partial charge in [0.25, 0.3) is 0 Å². The van der Waals surface area contributed by atoms with E-state index >= 15 is 0 Å². The van der Waals surface area contributed by atoms with Crippen molar-refractivity contribution in [3.8, 4) is 0 Å². The van der Waals surface area contributed by atoms with Crippen molar-refractivity contribution < 1.29 is 4.79 Å². The second-order valence-corrected chi connectivity index (χ2v) is 9.20. The van der Waals surface area contributed by atoms with E-state index in [1.165, 1.54) is 13.8 Å². The molecular formula is C21H22IN3OS. The van der Waals surface area contributed by atoms with Gasteiger partial charge in [0.05, 0.1) is 10.2 Å². The number of hydrogen-bond acceptors (Lipinski definition) is 5. The monoisotopic (exact) mass is 491 g/mol. The third kappa shape index (κ3) is 4.67. The zero-order chi connectivity index (χ0) is 18.6. The summed E-state index contributed by atoms with van der Waals surface area (Å²) >= 11 is 4.15. The summed E-state index contributed by atoms with van der Waals surface area (Å²) in [7, 11) is 0. The van der Waals surface area contributed by atoms with Gasteiger partial charge in [-0.05, 0) is 64.8 Å². The van der Waals surface area contributed by atoms with E-state index in [1.54, 1.807) is 11.3 Å². The van der Waals surface area contributed by atoms with Crippen molar-refractivity contribution in [3.05, 3.63) is 57.2 Å². The van der Waals surface area contributed by atoms with Crippen molar-refractivity contribution >= 4 is 55.6 Å². The summed E-state index contributed by atoms with van der Waals surface area (Å²) in [6.45, 7) is 2.94. The molecule has 0 radical (unpaired) electrons. The van der Waals surface area contributed by atoms with Gasteiger partial charge in [0.1, 0.15) is 6.29 Å². The molecule has 27 heavy (non-hydrogen) atoms. The molecule has 2 aromatic carbocycles. The zero-order valence-electron chi connectivity index (χ0n) is 15.0. The largest absolute Gasteiger partial charge is 0.348 e. The van der Waals surface area contributed by atoms with Crippen molar-refractivity contribution in [1.82, 2.24) is 10.3 Å². The van der Waals surface area contributed by atoms with Gasteiger partial charge in [0.15, 0.2) is 5.13 Å². The summed E-state index contributed by atoms with van der Waals surface area (Å²) < 4.78 is 2.53. The molecule has 6 heteroatoms. The first-order valence-electron chi connectivity index (χ1n) is 9.27. The van der Waals surface area contributed by atoms with Crippen molar-refractivity contribution in [2.24, 2.45) is 0 Å². The van der Waals surface area contributed by atoms with Crippen LogP contribution in [0.25, 0.3) is 10.2 Å². The highest BCUT2D eigenvalue weighted by atomic mass is 127. The maximum absolute atomic E-state index is 10.7. The summed E-state index contributed by atoms with van der Waals surface area (Å²) in [5.74, 6) is 0. The van der Waals surface area contributed by atoms with E-state index in [4.69, 9.17) is 4.98 Å². The van der Waals surface area contributed by atoms with E-state index in [0.29, 0.717) is 12.5 Å². The summed E-state index contributed by atoms with van der Waals surface area (Å²) in [5.41, 5.74) is 3.44. The normalized spacial score (nSPS) is 15.4. The molecule has 1 aliphatic rings. The fourth-order valence-corrected chi connectivity index (χ4v) is 5.28. The van der Waals surface area contributed by atoms with Gasteiger partial charge in [-0.15, -0.1) is 0 Å². The molecule has 0 saturated carbocycles. The van der Waals surface area contributed by atoms with E-state index in [0.717, 1.165) is 55.0 Å².